The third kappa shape index (κ3) is 19.4. The van der Waals surface area contributed by atoms with Crippen molar-refractivity contribution in [3.63, 3.8) is 0 Å². The van der Waals surface area contributed by atoms with E-state index in [0.29, 0.717) is 25.7 Å². The molecule has 0 aromatic heterocycles. The van der Waals surface area contributed by atoms with Crippen molar-refractivity contribution in [3.05, 3.63) is 12.2 Å². The first-order valence-corrected chi connectivity index (χ1v) is 35.7. The second-order valence-electron chi connectivity index (χ2n) is 31.9. The van der Waals surface area contributed by atoms with E-state index in [4.69, 9.17) is 56.8 Å². The highest BCUT2D eigenvalue weighted by Crippen LogP contribution is 2.47. The van der Waals surface area contributed by atoms with E-state index in [2.05, 4.69) is 10.3 Å². The second kappa shape index (κ2) is 34.7. The Morgan fingerprint density at radius 3 is 1.22 bits per heavy atom. The molecule has 5 saturated heterocycles. The fourth-order valence-corrected chi connectivity index (χ4v) is 16.5. The molecule has 6 heterocycles. The lowest BCUT2D eigenvalue weighted by molar-refractivity contribution is -0.310. The molecule has 6 aliphatic heterocycles. The molecule has 26 heteroatoms. The van der Waals surface area contributed by atoms with Gasteiger partial charge in [-0.1, -0.05) is 106 Å². The Labute approximate surface area is 582 Å². The van der Waals surface area contributed by atoms with Crippen LogP contribution in [0.15, 0.2) is 22.5 Å². The molecular formula is C72H128N2O24. The van der Waals surface area contributed by atoms with Crippen molar-refractivity contribution < 1.29 is 118 Å². The highest BCUT2D eigenvalue weighted by atomic mass is 16.7. The molecule has 26 nitrogen and oxygen atoms in total. The maximum atomic E-state index is 14.1. The number of rotatable bonds is 12. The highest BCUT2D eigenvalue weighted by molar-refractivity contribution is 5.89. The van der Waals surface area contributed by atoms with Gasteiger partial charge in [-0.15, -0.1) is 0 Å². The first-order chi connectivity index (χ1) is 45.3. The van der Waals surface area contributed by atoms with Gasteiger partial charge < -0.3 is 108 Å². The molecule has 0 saturated carbocycles. The molecule has 98 heavy (non-hydrogen) atoms. The monoisotopic (exact) mass is 1400 g/mol. The number of aliphatic hydroxyl groups excluding tert-OH is 6. The minimum atomic E-state index is -1.90. The predicted octanol–water partition coefficient (Wildman–Crippen LogP) is 7.34. The molecule has 4 unspecified atom stereocenters. The Bertz CT molecular complexity index is 2620. The SMILES string of the molecule is CC[C@H]1OC(=O)[C@H](C)[C@@H](OC2C[C@@](C)(OC)[C@@H](O)[C@H](C)O2)[C@H](C)[C@@H](OC2O[C@H](C)C=C[C@H]2O)C(C)(C)C[C@@H](C)/C(=N\O)[C@H](C)[C@@H](O)[C@]1(C)O.CC[C@H]1OC(=O)[C@H](C)[C@@H](OC2C[C@@](C)(OC)[C@@H](O)[C@H](C)O2)[C@H](C)[C@@H](OC2O[C@H](C)CC[C@H]2O)C(C)(C)C[C@@H](C)/C(=N\O)[C@H](C)[C@@H](O)[C@]1(C)O. The summed E-state index contributed by atoms with van der Waals surface area (Å²) < 4.78 is 74.6. The lowest BCUT2D eigenvalue weighted by Crippen LogP contribution is -2.59. The van der Waals surface area contributed by atoms with Gasteiger partial charge in [-0.05, 0) is 130 Å². The molecule has 0 bridgehead atoms. The summed E-state index contributed by atoms with van der Waals surface area (Å²) in [6.45, 7) is 39.3. The summed E-state index contributed by atoms with van der Waals surface area (Å²) in [7, 11) is 3.03. The van der Waals surface area contributed by atoms with Gasteiger partial charge in [0.1, 0.15) is 47.8 Å². The third-order valence-corrected chi connectivity index (χ3v) is 22.7. The van der Waals surface area contributed by atoms with Gasteiger partial charge in [0.2, 0.25) is 0 Å². The largest absolute Gasteiger partial charge is 0.459 e. The number of oxime groups is 2. The van der Waals surface area contributed by atoms with Crippen molar-refractivity contribution >= 4 is 23.4 Å². The first-order valence-electron chi connectivity index (χ1n) is 35.7. The number of carbonyl (C=O) groups is 2. The Morgan fingerprint density at radius 2 is 0.867 bits per heavy atom. The fourth-order valence-electron chi connectivity index (χ4n) is 16.5. The molecule has 10 N–H and O–H groups in total. The van der Waals surface area contributed by atoms with E-state index in [-0.39, 0.29) is 49.3 Å². The topological polar surface area (TPSA) is 372 Å². The van der Waals surface area contributed by atoms with Crippen LogP contribution in [0.2, 0.25) is 0 Å². The minimum absolute atomic E-state index is 0.144. The first kappa shape index (κ1) is 85.5. The summed E-state index contributed by atoms with van der Waals surface area (Å²) in [5.41, 5.74) is -6.73. The maximum absolute atomic E-state index is 14.1. The van der Waals surface area contributed by atoms with Crippen molar-refractivity contribution in [2.24, 2.45) is 68.5 Å². The zero-order valence-corrected chi connectivity index (χ0v) is 63.1. The summed E-state index contributed by atoms with van der Waals surface area (Å²) in [6, 6.07) is 0. The molecule has 0 aromatic carbocycles. The number of hydrogen-bond donors (Lipinski definition) is 10. The number of carbonyl (C=O) groups excluding carboxylic acids is 2. The van der Waals surface area contributed by atoms with Crippen LogP contribution in [0.25, 0.3) is 0 Å². The summed E-state index contributed by atoms with van der Waals surface area (Å²) >= 11 is 0. The predicted molar refractivity (Wildman–Crippen MR) is 361 cm³/mol. The van der Waals surface area contributed by atoms with Crippen LogP contribution >= 0.6 is 0 Å². The minimum Gasteiger partial charge on any atom is -0.459 e. The van der Waals surface area contributed by atoms with Crippen molar-refractivity contribution in [1.82, 2.24) is 0 Å². The van der Waals surface area contributed by atoms with Crippen LogP contribution in [0.5, 0.6) is 0 Å². The fraction of sp³-hybridized carbons (Fsp3) is 0.917. The van der Waals surface area contributed by atoms with Crippen LogP contribution in [-0.2, 0) is 66.4 Å². The maximum Gasteiger partial charge on any atom is 0.311 e. The quantitative estimate of drug-likeness (QED) is 0.0395. The lowest BCUT2D eigenvalue weighted by atomic mass is 9.69. The molecule has 0 radical (unpaired) electrons. The average molecular weight is 1410 g/mol. The average Bonchev–Trinajstić information content (AvgIpc) is 0.780. The summed E-state index contributed by atoms with van der Waals surface area (Å²) in [4.78, 5) is 28.2. The Kier molecular flexibility index (Phi) is 30.3. The lowest BCUT2D eigenvalue weighted by Gasteiger charge is -2.49. The van der Waals surface area contributed by atoms with E-state index in [0.717, 1.165) is 0 Å². The number of nitrogens with zero attached hydrogens (tertiary/aromatic N) is 2. The van der Waals surface area contributed by atoms with Crippen molar-refractivity contribution in [1.29, 1.82) is 0 Å². The van der Waals surface area contributed by atoms with Gasteiger partial charge in [-0.25, -0.2) is 0 Å². The van der Waals surface area contributed by atoms with Gasteiger partial charge in [0, 0.05) is 50.7 Å². The smallest absolute Gasteiger partial charge is 0.311 e. The molecule has 32 atom stereocenters. The van der Waals surface area contributed by atoms with Crippen LogP contribution in [0.3, 0.4) is 0 Å². The molecule has 570 valence electrons. The second-order valence-corrected chi connectivity index (χ2v) is 31.9. The van der Waals surface area contributed by atoms with E-state index in [9.17, 15) is 60.9 Å². The number of hydrogen-bond acceptors (Lipinski definition) is 26. The normalized spacial score (nSPS) is 48.3. The van der Waals surface area contributed by atoms with Crippen LogP contribution in [0.4, 0.5) is 0 Å². The zero-order valence-electron chi connectivity index (χ0n) is 63.1. The Balaban J connectivity index is 0.000000354. The molecule has 0 aliphatic carbocycles. The number of cyclic esters (lactones) is 2. The molecule has 0 spiro atoms. The van der Waals surface area contributed by atoms with Gasteiger partial charge in [-0.2, -0.15) is 0 Å². The molecule has 6 rings (SSSR count). The van der Waals surface area contributed by atoms with Crippen LogP contribution in [0, 0.1) is 58.2 Å². The number of ether oxygens (including phenoxy) is 12. The van der Waals surface area contributed by atoms with Gasteiger partial charge in [-0.3, -0.25) is 9.59 Å². The van der Waals surface area contributed by atoms with Gasteiger partial charge in [0.05, 0.1) is 95.5 Å². The van der Waals surface area contributed by atoms with Gasteiger partial charge in [0.25, 0.3) is 0 Å². The summed E-state index contributed by atoms with van der Waals surface area (Å²) in [5, 5.41) is 118. The number of esters is 2. The van der Waals surface area contributed by atoms with E-state index in [1.54, 1.807) is 81.4 Å². The van der Waals surface area contributed by atoms with E-state index < -0.39 is 203 Å². The van der Waals surface area contributed by atoms with Crippen molar-refractivity contribution in [3.8, 4) is 0 Å². The van der Waals surface area contributed by atoms with E-state index >= 15 is 0 Å². The molecule has 6 aliphatic rings. The van der Waals surface area contributed by atoms with Crippen LogP contribution in [-0.4, -0.2) is 234 Å². The van der Waals surface area contributed by atoms with Crippen LogP contribution in [0.1, 0.15) is 204 Å². The van der Waals surface area contributed by atoms with Crippen molar-refractivity contribution in [2.45, 2.75) is 349 Å². The standard InChI is InChI=1S/C36H65NO12.C36H63NO12/c2*1-13-25-36(11,42)29(39)20(4)27(37-43)18(2)16-34(8,9)31(49-33-24(38)15-14-19(3)45-33)21(5)28(22(6)32(41)47-25)48-26-17-35(10,44-12)30(40)23(7)46-26/h18-26,28-31,33,38-40,42-43H,13-17H2,1-12H3;14-15,18-26,28-31,33,38-40,42-43H,13,16-17H2,1-12H3/b2*37-27+/t2*18-,19-,20+,21+,22-,23+,24-,25-,26?,28+,29-,30+,31-,33?,35-,36-/m11/s1. The molecular weight excluding hydrogens is 1280 g/mol. The van der Waals surface area contributed by atoms with Crippen LogP contribution < -0.4 is 0 Å². The summed E-state index contributed by atoms with van der Waals surface area (Å²) in [6.07, 6.45) is -11.7. The third-order valence-electron chi connectivity index (χ3n) is 22.7. The Hall–Kier alpha value is -3.10. The zero-order chi connectivity index (χ0) is 74.4. The molecule has 5 fully saturated rings. The Morgan fingerprint density at radius 1 is 0.490 bits per heavy atom. The van der Waals surface area contributed by atoms with Gasteiger partial charge in [0.15, 0.2) is 25.2 Å². The van der Waals surface area contributed by atoms with E-state index in [1.165, 1.54) is 28.1 Å². The van der Waals surface area contributed by atoms with E-state index in [1.807, 2.05) is 69.2 Å². The highest BCUT2D eigenvalue weighted by Gasteiger charge is 2.56. The number of aliphatic hydroxyl groups is 8. The van der Waals surface area contributed by atoms with Crippen molar-refractivity contribution in [2.75, 3.05) is 14.2 Å². The number of methoxy groups -OCH3 is 2. The molecule has 0 aromatic rings. The van der Waals surface area contributed by atoms with Gasteiger partial charge >= 0.3 is 11.9 Å². The molecule has 0 amide bonds. The summed E-state index contributed by atoms with van der Waals surface area (Å²) in [5.74, 6) is -6.77.